The second kappa shape index (κ2) is 4.08. The highest BCUT2D eigenvalue weighted by Crippen LogP contribution is 2.67. The molecule has 2 saturated carbocycles. The number of aliphatic hydroxyl groups is 1. The molecule has 0 aromatic rings. The summed E-state index contributed by atoms with van der Waals surface area (Å²) in [4.78, 5) is 0. The van der Waals surface area contributed by atoms with E-state index in [2.05, 4.69) is 4.74 Å². The summed E-state index contributed by atoms with van der Waals surface area (Å²) >= 11 is 0. The maximum Gasteiger partial charge on any atom is 0.449 e. The van der Waals surface area contributed by atoms with Gasteiger partial charge in [0.05, 0.1) is 0 Å². The first-order valence-electron chi connectivity index (χ1n) is 6.93. The van der Waals surface area contributed by atoms with Gasteiger partial charge in [0, 0.05) is 0 Å². The molecule has 1 heterocycles. The third-order valence-corrected chi connectivity index (χ3v) is 5.85. The predicted octanol–water partition coefficient (Wildman–Crippen LogP) is 2.93. The molecule has 6 unspecified atom stereocenters. The summed E-state index contributed by atoms with van der Waals surface area (Å²) < 4.78 is 77.2. The monoisotopic (exact) mass is 316 g/mol. The molecule has 2 aliphatic carbocycles. The van der Waals surface area contributed by atoms with Gasteiger partial charge in [-0.05, 0) is 36.5 Å². The highest BCUT2D eigenvalue weighted by Gasteiger charge is 2.84. The number of ether oxygens (including phenoxy) is 2. The molecule has 8 heteroatoms. The molecule has 1 saturated heterocycles. The van der Waals surface area contributed by atoms with Crippen LogP contribution in [0.3, 0.4) is 0 Å². The van der Waals surface area contributed by atoms with Crippen LogP contribution in [0.25, 0.3) is 0 Å². The molecule has 3 nitrogen and oxygen atoms in total. The van der Waals surface area contributed by atoms with Gasteiger partial charge < -0.3 is 14.6 Å². The molecule has 1 N–H and O–H groups in total. The van der Waals surface area contributed by atoms with Gasteiger partial charge in [-0.3, -0.25) is 0 Å². The summed E-state index contributed by atoms with van der Waals surface area (Å²) in [5.41, 5.74) is -2.30. The van der Waals surface area contributed by atoms with Gasteiger partial charge in [0.15, 0.2) is 6.79 Å². The number of halogens is 5. The van der Waals surface area contributed by atoms with Crippen LogP contribution >= 0.6 is 0 Å². The minimum atomic E-state index is -5.59. The molecule has 1 spiro atoms. The Morgan fingerprint density at radius 3 is 2.19 bits per heavy atom. The van der Waals surface area contributed by atoms with Gasteiger partial charge in [0.2, 0.25) is 0 Å². The molecular weight excluding hydrogens is 299 g/mol. The number of alkyl halides is 5. The zero-order valence-electron chi connectivity index (χ0n) is 11.6. The fraction of sp³-hybridized carbons (Fsp3) is 1.00. The lowest BCUT2D eigenvalue weighted by atomic mass is 9.68. The van der Waals surface area contributed by atoms with Crippen molar-refractivity contribution >= 4 is 0 Å². The van der Waals surface area contributed by atoms with Gasteiger partial charge in [-0.15, -0.1) is 0 Å². The number of fused-ring (bicyclic) bond motifs is 3. The summed E-state index contributed by atoms with van der Waals surface area (Å²) in [6.07, 6.45) is -5.38. The lowest BCUT2D eigenvalue weighted by Crippen LogP contribution is -2.75. The van der Waals surface area contributed by atoms with Crippen molar-refractivity contribution in [3.63, 3.8) is 0 Å². The summed E-state index contributed by atoms with van der Waals surface area (Å²) in [7, 11) is 0. The van der Waals surface area contributed by atoms with E-state index in [0.29, 0.717) is 6.42 Å². The Labute approximate surface area is 118 Å². The summed E-state index contributed by atoms with van der Waals surface area (Å²) in [5, 5.41) is 9.56. The van der Waals surface area contributed by atoms with E-state index < -0.39 is 36.2 Å². The molecule has 0 amide bonds. The Morgan fingerprint density at radius 2 is 1.71 bits per heavy atom. The smallest absolute Gasteiger partial charge is 0.354 e. The molecule has 3 aliphatic rings. The highest BCUT2D eigenvalue weighted by molar-refractivity contribution is 5.18. The van der Waals surface area contributed by atoms with Crippen LogP contribution in [-0.2, 0) is 9.47 Å². The van der Waals surface area contributed by atoms with Crippen LogP contribution < -0.4 is 0 Å². The third kappa shape index (κ3) is 1.59. The van der Waals surface area contributed by atoms with E-state index >= 15 is 0 Å². The van der Waals surface area contributed by atoms with Crippen LogP contribution in [-0.4, -0.2) is 35.4 Å². The number of rotatable bonds is 0. The fourth-order valence-corrected chi connectivity index (χ4v) is 4.45. The van der Waals surface area contributed by atoms with Gasteiger partial charge in [0.25, 0.3) is 0 Å². The van der Waals surface area contributed by atoms with Crippen molar-refractivity contribution in [2.75, 3.05) is 6.79 Å². The van der Waals surface area contributed by atoms with E-state index in [0.717, 1.165) is 0 Å². The topological polar surface area (TPSA) is 38.7 Å². The molecule has 0 aromatic carbocycles. The van der Waals surface area contributed by atoms with E-state index in [1.165, 1.54) is 0 Å². The van der Waals surface area contributed by atoms with Crippen molar-refractivity contribution in [2.24, 2.45) is 23.7 Å². The molecule has 0 radical (unpaired) electrons. The van der Waals surface area contributed by atoms with E-state index in [1.54, 1.807) is 6.92 Å². The zero-order chi connectivity index (χ0) is 15.8. The van der Waals surface area contributed by atoms with E-state index in [1.807, 2.05) is 6.92 Å². The van der Waals surface area contributed by atoms with Gasteiger partial charge in [0.1, 0.15) is 5.60 Å². The Balaban J connectivity index is 2.05. The van der Waals surface area contributed by atoms with Crippen LogP contribution in [0, 0.1) is 23.7 Å². The van der Waals surface area contributed by atoms with E-state index in [9.17, 15) is 27.1 Å². The van der Waals surface area contributed by atoms with Crippen molar-refractivity contribution in [2.45, 2.75) is 50.2 Å². The quantitative estimate of drug-likeness (QED) is 0.698. The Hall–Kier alpha value is -0.470. The van der Waals surface area contributed by atoms with Crippen molar-refractivity contribution < 1.29 is 36.5 Å². The summed E-state index contributed by atoms with van der Waals surface area (Å²) in [5.74, 6) is -9.92. The molecule has 1 aliphatic heterocycles. The van der Waals surface area contributed by atoms with Crippen molar-refractivity contribution in [1.29, 1.82) is 0 Å². The third-order valence-electron chi connectivity index (χ3n) is 5.85. The first-order valence-corrected chi connectivity index (χ1v) is 6.93. The maximum absolute atomic E-state index is 14.6. The molecular formula is C13H17F5O3. The minimum absolute atomic E-state index is 0.119. The second-order valence-electron chi connectivity index (χ2n) is 6.54. The Kier molecular flexibility index (Phi) is 3.00. The highest BCUT2D eigenvalue weighted by atomic mass is 19.4. The first kappa shape index (κ1) is 15.4. The van der Waals surface area contributed by atoms with Gasteiger partial charge in [-0.25, -0.2) is 0 Å². The minimum Gasteiger partial charge on any atom is -0.354 e. The summed E-state index contributed by atoms with van der Waals surface area (Å²) in [6.45, 7) is 2.67. The van der Waals surface area contributed by atoms with Gasteiger partial charge in [-0.2, -0.15) is 22.0 Å². The predicted molar refractivity (Wildman–Crippen MR) is 60.3 cm³/mol. The molecule has 122 valence electrons. The molecule has 6 atom stereocenters. The SMILES string of the molecule is CC1C2CC(C1C)C1(C2)OCOC(O)(C(F)(F)F)C1(F)F. The van der Waals surface area contributed by atoms with Crippen LogP contribution in [0.5, 0.6) is 0 Å². The number of hydrogen-bond acceptors (Lipinski definition) is 3. The maximum atomic E-state index is 14.6. The largest absolute Gasteiger partial charge is 0.449 e. The van der Waals surface area contributed by atoms with Gasteiger partial charge in [-0.1, -0.05) is 13.8 Å². The lowest BCUT2D eigenvalue weighted by molar-refractivity contribution is -0.508. The van der Waals surface area contributed by atoms with E-state index in [-0.39, 0.29) is 24.2 Å². The molecule has 21 heavy (non-hydrogen) atoms. The zero-order valence-corrected chi connectivity index (χ0v) is 11.6. The molecule has 3 fully saturated rings. The van der Waals surface area contributed by atoms with Crippen LogP contribution in [0.4, 0.5) is 22.0 Å². The average molecular weight is 316 g/mol. The van der Waals surface area contributed by atoms with Gasteiger partial charge >= 0.3 is 17.9 Å². The van der Waals surface area contributed by atoms with Crippen molar-refractivity contribution in [1.82, 2.24) is 0 Å². The second-order valence-corrected chi connectivity index (χ2v) is 6.54. The average Bonchev–Trinajstić information content (AvgIpc) is 2.85. The molecule has 0 aromatic heterocycles. The summed E-state index contributed by atoms with van der Waals surface area (Å²) in [6, 6.07) is 0. The van der Waals surface area contributed by atoms with Crippen LogP contribution in [0.1, 0.15) is 26.7 Å². The number of hydrogen-bond donors (Lipinski definition) is 1. The van der Waals surface area contributed by atoms with Crippen molar-refractivity contribution in [3.8, 4) is 0 Å². The molecule has 3 rings (SSSR count). The normalized spacial score (nSPS) is 52.6. The van der Waals surface area contributed by atoms with Crippen LogP contribution in [0.2, 0.25) is 0 Å². The Bertz CT molecular complexity index is 452. The lowest BCUT2D eigenvalue weighted by Gasteiger charge is -2.54. The first-order chi connectivity index (χ1) is 9.48. The van der Waals surface area contributed by atoms with Crippen molar-refractivity contribution in [3.05, 3.63) is 0 Å². The van der Waals surface area contributed by atoms with Crippen LogP contribution in [0.15, 0.2) is 0 Å². The Morgan fingerprint density at radius 1 is 1.10 bits per heavy atom. The fourth-order valence-electron chi connectivity index (χ4n) is 4.45. The molecule has 2 bridgehead atoms. The van der Waals surface area contributed by atoms with E-state index in [4.69, 9.17) is 4.74 Å². The standard InChI is InChI=1S/C13H17F5O3/c1-6-7(2)9-3-8(6)4-10(9)11(14,15)12(19,13(16,17)18)21-5-20-10/h6-9,19H,3-5H2,1-2H3.